The van der Waals surface area contributed by atoms with Crippen LogP contribution in [0, 0.1) is 25.6 Å². The first-order valence-electron chi connectivity index (χ1n) is 11.2. The summed E-state index contributed by atoms with van der Waals surface area (Å²) in [6, 6.07) is 17.9. The normalized spacial score (nSPS) is 12.3. The van der Waals surface area contributed by atoms with E-state index in [0.717, 1.165) is 22.0 Å². The van der Waals surface area contributed by atoms with Crippen LogP contribution >= 0.6 is 0 Å². The van der Waals surface area contributed by atoms with Gasteiger partial charge >= 0.3 is 0 Å². The van der Waals surface area contributed by atoms with Crippen LogP contribution in [0.4, 0.5) is 4.39 Å². The Balaban J connectivity index is 1.89. The maximum atomic E-state index is 14.8. The molecule has 3 aromatic carbocycles. The van der Waals surface area contributed by atoms with Crippen molar-refractivity contribution in [3.8, 4) is 11.1 Å². The second-order valence-corrected chi connectivity index (χ2v) is 9.12. The van der Waals surface area contributed by atoms with Crippen LogP contribution in [-0.2, 0) is 0 Å². The minimum atomic E-state index is -0.989. The van der Waals surface area contributed by atoms with E-state index >= 15 is 0 Å². The standard InChI is InChI=1S/C29H28FNO2/c1-17(2)12-27(32)21-14-20(23-9-7-18(3)13-26(23)30)15-22(16-21)29(33)25-10-8-19(4)28-24(25)6-5-11-31-28/h5-11,13-17,29,33H,12H2,1-4H3. The van der Waals surface area contributed by atoms with Gasteiger partial charge < -0.3 is 5.11 Å². The molecule has 1 atom stereocenters. The van der Waals surface area contributed by atoms with E-state index < -0.39 is 6.10 Å². The maximum Gasteiger partial charge on any atom is 0.163 e. The number of hydrogen-bond donors (Lipinski definition) is 1. The molecule has 4 rings (SSSR count). The van der Waals surface area contributed by atoms with E-state index in [4.69, 9.17) is 0 Å². The van der Waals surface area contributed by atoms with Gasteiger partial charge in [0.1, 0.15) is 11.9 Å². The monoisotopic (exact) mass is 441 g/mol. The third-order valence-electron chi connectivity index (χ3n) is 5.92. The molecule has 0 saturated heterocycles. The van der Waals surface area contributed by atoms with Crippen molar-refractivity contribution in [1.82, 2.24) is 4.98 Å². The molecule has 1 N–H and O–H groups in total. The first-order valence-corrected chi connectivity index (χ1v) is 11.2. The SMILES string of the molecule is Cc1ccc(-c2cc(C(=O)CC(C)C)cc(C(O)c3ccc(C)c4ncccc34)c2)c(F)c1. The molecule has 0 aliphatic heterocycles. The molecule has 4 aromatic rings. The first kappa shape index (κ1) is 22.8. The number of aryl methyl sites for hydroxylation is 2. The summed E-state index contributed by atoms with van der Waals surface area (Å²) >= 11 is 0. The number of carbonyl (C=O) groups is 1. The Morgan fingerprint density at radius 2 is 1.82 bits per heavy atom. The van der Waals surface area contributed by atoms with Gasteiger partial charge in [0.05, 0.1) is 5.52 Å². The number of carbonyl (C=O) groups excluding carboxylic acids is 1. The average molecular weight is 442 g/mol. The van der Waals surface area contributed by atoms with E-state index in [0.29, 0.717) is 34.2 Å². The van der Waals surface area contributed by atoms with Crippen molar-refractivity contribution in [3.05, 3.63) is 100 Å². The molecular formula is C29H28FNO2. The highest BCUT2D eigenvalue weighted by Crippen LogP contribution is 2.34. The summed E-state index contributed by atoms with van der Waals surface area (Å²) < 4.78 is 14.8. The summed E-state index contributed by atoms with van der Waals surface area (Å²) in [4.78, 5) is 17.4. The molecule has 0 radical (unpaired) electrons. The zero-order valence-corrected chi connectivity index (χ0v) is 19.4. The summed E-state index contributed by atoms with van der Waals surface area (Å²) in [5.74, 6) is -0.185. The Labute approximate surface area is 193 Å². The fourth-order valence-corrected chi connectivity index (χ4v) is 4.22. The third-order valence-corrected chi connectivity index (χ3v) is 5.92. The molecule has 0 saturated carbocycles. The molecule has 4 heteroatoms. The van der Waals surface area contributed by atoms with Gasteiger partial charge in [-0.3, -0.25) is 9.78 Å². The van der Waals surface area contributed by atoms with E-state index in [1.165, 1.54) is 6.07 Å². The fraction of sp³-hybridized carbons (Fsp3) is 0.241. The predicted molar refractivity (Wildman–Crippen MR) is 131 cm³/mol. The molecule has 1 unspecified atom stereocenters. The number of aromatic nitrogens is 1. The van der Waals surface area contributed by atoms with Gasteiger partial charge in [-0.2, -0.15) is 0 Å². The number of fused-ring (bicyclic) bond motifs is 1. The summed E-state index contributed by atoms with van der Waals surface area (Å²) in [5, 5.41) is 12.3. The summed E-state index contributed by atoms with van der Waals surface area (Å²) in [7, 11) is 0. The summed E-state index contributed by atoms with van der Waals surface area (Å²) in [6.45, 7) is 7.79. The van der Waals surface area contributed by atoms with Gasteiger partial charge in [0, 0.05) is 29.1 Å². The van der Waals surface area contributed by atoms with E-state index in [9.17, 15) is 14.3 Å². The lowest BCUT2D eigenvalue weighted by Crippen LogP contribution is -2.08. The number of halogens is 1. The highest BCUT2D eigenvalue weighted by atomic mass is 19.1. The zero-order chi connectivity index (χ0) is 23.7. The van der Waals surface area contributed by atoms with Crippen LogP contribution in [0.2, 0.25) is 0 Å². The lowest BCUT2D eigenvalue weighted by Gasteiger charge is -2.18. The Morgan fingerprint density at radius 3 is 2.55 bits per heavy atom. The van der Waals surface area contributed by atoms with Gasteiger partial charge in [0.15, 0.2) is 5.78 Å². The van der Waals surface area contributed by atoms with E-state index in [-0.39, 0.29) is 17.5 Å². The van der Waals surface area contributed by atoms with Crippen LogP contribution in [0.25, 0.3) is 22.0 Å². The zero-order valence-electron chi connectivity index (χ0n) is 19.4. The second kappa shape index (κ2) is 9.24. The molecule has 0 fully saturated rings. The number of hydrogen-bond acceptors (Lipinski definition) is 3. The number of rotatable bonds is 6. The molecule has 0 bridgehead atoms. The lowest BCUT2D eigenvalue weighted by atomic mass is 9.90. The highest BCUT2D eigenvalue weighted by molar-refractivity contribution is 5.97. The number of pyridine rings is 1. The molecule has 168 valence electrons. The number of aliphatic hydroxyl groups excluding tert-OH is 1. The smallest absolute Gasteiger partial charge is 0.163 e. The summed E-state index contributed by atoms with van der Waals surface area (Å²) in [6.07, 6.45) is 1.12. The molecule has 0 aliphatic carbocycles. The number of nitrogens with zero attached hydrogens (tertiary/aromatic N) is 1. The third kappa shape index (κ3) is 4.71. The second-order valence-electron chi connectivity index (χ2n) is 9.12. The van der Waals surface area contributed by atoms with E-state index in [2.05, 4.69) is 4.98 Å². The topological polar surface area (TPSA) is 50.2 Å². The van der Waals surface area contributed by atoms with Crippen molar-refractivity contribution in [2.24, 2.45) is 5.92 Å². The number of ketones is 1. The van der Waals surface area contributed by atoms with Crippen molar-refractivity contribution >= 4 is 16.7 Å². The molecule has 33 heavy (non-hydrogen) atoms. The van der Waals surface area contributed by atoms with E-state index in [1.54, 1.807) is 30.5 Å². The Hall–Kier alpha value is -3.37. The molecule has 0 spiro atoms. The van der Waals surface area contributed by atoms with Gasteiger partial charge in [0.2, 0.25) is 0 Å². The number of aliphatic hydroxyl groups is 1. The van der Waals surface area contributed by atoms with E-state index in [1.807, 2.05) is 58.0 Å². The van der Waals surface area contributed by atoms with Crippen molar-refractivity contribution in [2.45, 2.75) is 40.2 Å². The quantitative estimate of drug-likeness (QED) is 0.329. The molecular weight excluding hydrogens is 413 g/mol. The Morgan fingerprint density at radius 1 is 1.03 bits per heavy atom. The Bertz CT molecular complexity index is 1340. The van der Waals surface area contributed by atoms with Crippen LogP contribution in [0.1, 0.15) is 59.0 Å². The number of benzene rings is 3. The lowest BCUT2D eigenvalue weighted by molar-refractivity contribution is 0.0967. The van der Waals surface area contributed by atoms with Gasteiger partial charge in [-0.15, -0.1) is 0 Å². The molecule has 0 amide bonds. The van der Waals surface area contributed by atoms with Crippen LogP contribution in [0.3, 0.4) is 0 Å². The van der Waals surface area contributed by atoms with Crippen molar-refractivity contribution in [1.29, 1.82) is 0 Å². The fourth-order valence-electron chi connectivity index (χ4n) is 4.22. The van der Waals surface area contributed by atoms with Gasteiger partial charge in [-0.05, 0) is 77.9 Å². The maximum absolute atomic E-state index is 14.8. The molecule has 3 nitrogen and oxygen atoms in total. The van der Waals surface area contributed by atoms with Crippen LogP contribution in [-0.4, -0.2) is 15.9 Å². The average Bonchev–Trinajstić information content (AvgIpc) is 2.78. The van der Waals surface area contributed by atoms with Crippen molar-refractivity contribution in [3.63, 3.8) is 0 Å². The molecule has 1 aromatic heterocycles. The van der Waals surface area contributed by atoms with Crippen LogP contribution in [0.15, 0.2) is 66.9 Å². The minimum absolute atomic E-state index is 0.0248. The molecule has 0 aliphatic rings. The highest BCUT2D eigenvalue weighted by Gasteiger charge is 2.20. The van der Waals surface area contributed by atoms with Gasteiger partial charge in [-0.1, -0.05) is 44.2 Å². The number of Topliss-reactive ketones (excluding diaryl/α,β-unsaturated/α-hetero) is 1. The largest absolute Gasteiger partial charge is 0.384 e. The summed E-state index contributed by atoms with van der Waals surface area (Å²) in [5.41, 5.74) is 5.37. The first-order chi connectivity index (χ1) is 15.7. The van der Waals surface area contributed by atoms with Crippen molar-refractivity contribution < 1.29 is 14.3 Å². The predicted octanol–water partition coefficient (Wildman–Crippen LogP) is 6.97. The van der Waals surface area contributed by atoms with Gasteiger partial charge in [-0.25, -0.2) is 4.39 Å². The van der Waals surface area contributed by atoms with Crippen molar-refractivity contribution in [2.75, 3.05) is 0 Å². The van der Waals surface area contributed by atoms with Crippen LogP contribution in [0.5, 0.6) is 0 Å². The van der Waals surface area contributed by atoms with Gasteiger partial charge in [0.25, 0.3) is 0 Å². The van der Waals surface area contributed by atoms with Crippen LogP contribution < -0.4 is 0 Å². The minimum Gasteiger partial charge on any atom is -0.384 e. The Kier molecular flexibility index (Phi) is 6.39. The molecule has 1 heterocycles.